The van der Waals surface area contributed by atoms with Gasteiger partial charge >= 0.3 is 0 Å². The van der Waals surface area contributed by atoms with Gasteiger partial charge in [0.15, 0.2) is 0 Å². The summed E-state index contributed by atoms with van der Waals surface area (Å²) in [6.45, 7) is 4.06. The zero-order valence-corrected chi connectivity index (χ0v) is 18.0. The van der Waals surface area contributed by atoms with Crippen molar-refractivity contribution in [3.63, 3.8) is 0 Å². The summed E-state index contributed by atoms with van der Waals surface area (Å²) in [4.78, 5) is 12.5. The first-order chi connectivity index (χ1) is 14.7. The minimum absolute atomic E-state index is 0.218. The maximum Gasteiger partial charge on any atom is 0.262 e. The van der Waals surface area contributed by atoms with E-state index in [-0.39, 0.29) is 29.8 Å². The molecule has 0 heterocycles. The third-order valence-corrected chi connectivity index (χ3v) is 6.03. The van der Waals surface area contributed by atoms with Gasteiger partial charge in [0.05, 0.1) is 11.4 Å². The molecule has 0 aliphatic rings. The molecule has 3 aromatic rings. The number of amides is 1. The van der Waals surface area contributed by atoms with Crippen molar-refractivity contribution < 1.29 is 22.3 Å². The van der Waals surface area contributed by atoms with Gasteiger partial charge in [0.25, 0.3) is 15.9 Å². The van der Waals surface area contributed by atoms with Crippen LogP contribution < -0.4 is 14.8 Å². The molecule has 8 heteroatoms. The number of aryl methyl sites for hydroxylation is 2. The van der Waals surface area contributed by atoms with Crippen molar-refractivity contribution >= 4 is 21.6 Å². The van der Waals surface area contributed by atoms with E-state index in [2.05, 4.69) is 10.0 Å². The number of halogens is 1. The van der Waals surface area contributed by atoms with Crippen LogP contribution in [0.25, 0.3) is 0 Å². The molecular weight excluding hydrogens is 419 g/mol. The van der Waals surface area contributed by atoms with Gasteiger partial charge in [-0.25, -0.2) is 12.8 Å². The van der Waals surface area contributed by atoms with Crippen LogP contribution in [0.5, 0.6) is 5.75 Å². The van der Waals surface area contributed by atoms with Gasteiger partial charge in [-0.05, 0) is 79.6 Å². The number of anilines is 1. The van der Waals surface area contributed by atoms with E-state index in [4.69, 9.17) is 4.74 Å². The third-order valence-electron chi connectivity index (χ3n) is 4.50. The fourth-order valence-electron chi connectivity index (χ4n) is 2.86. The number of sulfonamides is 1. The second-order valence-electron chi connectivity index (χ2n) is 7.01. The summed E-state index contributed by atoms with van der Waals surface area (Å²) in [6.07, 6.45) is 0. The number of carbonyl (C=O) groups is 1. The second-order valence-corrected chi connectivity index (χ2v) is 8.66. The van der Waals surface area contributed by atoms with Gasteiger partial charge < -0.3 is 10.1 Å². The molecule has 6 nitrogen and oxygen atoms in total. The first-order valence-corrected chi connectivity index (χ1v) is 11.1. The van der Waals surface area contributed by atoms with Crippen LogP contribution in [-0.2, 0) is 10.0 Å². The Bertz CT molecular complexity index is 1160. The molecule has 0 atom stereocenters. The minimum atomic E-state index is -3.74. The van der Waals surface area contributed by atoms with Gasteiger partial charge in [-0.15, -0.1) is 0 Å². The van der Waals surface area contributed by atoms with Crippen LogP contribution in [0.4, 0.5) is 10.1 Å². The number of nitrogens with one attached hydrogen (secondary N) is 2. The van der Waals surface area contributed by atoms with Crippen LogP contribution in [-0.4, -0.2) is 27.5 Å². The summed E-state index contributed by atoms with van der Waals surface area (Å²) < 4.78 is 46.2. The molecule has 0 saturated carbocycles. The first kappa shape index (κ1) is 22.3. The smallest absolute Gasteiger partial charge is 0.262 e. The van der Waals surface area contributed by atoms with Crippen molar-refractivity contribution in [1.29, 1.82) is 0 Å². The van der Waals surface area contributed by atoms with E-state index < -0.39 is 10.0 Å². The summed E-state index contributed by atoms with van der Waals surface area (Å²) in [6, 6.07) is 17.0. The molecule has 162 valence electrons. The summed E-state index contributed by atoms with van der Waals surface area (Å²) >= 11 is 0. The normalized spacial score (nSPS) is 11.1. The number of benzene rings is 3. The Kier molecular flexibility index (Phi) is 6.91. The lowest BCUT2D eigenvalue weighted by molar-refractivity contribution is 0.0947. The molecule has 0 radical (unpaired) electrons. The van der Waals surface area contributed by atoms with Gasteiger partial charge in [-0.2, -0.15) is 0 Å². The van der Waals surface area contributed by atoms with E-state index >= 15 is 0 Å². The fraction of sp³-hybridized carbons (Fsp3) is 0.174. The summed E-state index contributed by atoms with van der Waals surface area (Å²) in [5.41, 5.74) is 2.24. The van der Waals surface area contributed by atoms with E-state index in [9.17, 15) is 17.6 Å². The Labute approximate surface area is 181 Å². The van der Waals surface area contributed by atoms with Gasteiger partial charge in [0.2, 0.25) is 0 Å². The van der Waals surface area contributed by atoms with Gasteiger partial charge in [-0.3, -0.25) is 9.52 Å². The molecule has 0 aliphatic carbocycles. The highest BCUT2D eigenvalue weighted by molar-refractivity contribution is 7.92. The van der Waals surface area contributed by atoms with Crippen molar-refractivity contribution in [2.75, 3.05) is 17.9 Å². The van der Waals surface area contributed by atoms with E-state index in [1.165, 1.54) is 48.5 Å². The molecule has 0 aliphatic heterocycles. The van der Waals surface area contributed by atoms with Gasteiger partial charge in [-0.1, -0.05) is 12.1 Å². The molecule has 1 amide bonds. The number of ether oxygens (including phenoxy) is 1. The topological polar surface area (TPSA) is 84.5 Å². The van der Waals surface area contributed by atoms with Crippen molar-refractivity contribution in [3.05, 3.63) is 89.2 Å². The second kappa shape index (κ2) is 9.61. The highest BCUT2D eigenvalue weighted by Crippen LogP contribution is 2.21. The Balaban J connectivity index is 1.54. The molecular formula is C23H23FN2O4S. The van der Waals surface area contributed by atoms with Crippen LogP contribution in [0, 0.1) is 19.7 Å². The number of hydrogen-bond donors (Lipinski definition) is 2. The fourth-order valence-corrected chi connectivity index (χ4v) is 4.25. The van der Waals surface area contributed by atoms with Crippen molar-refractivity contribution in [2.45, 2.75) is 18.7 Å². The Morgan fingerprint density at radius 2 is 1.65 bits per heavy atom. The lowest BCUT2D eigenvalue weighted by Gasteiger charge is -2.12. The van der Waals surface area contributed by atoms with Crippen molar-refractivity contribution in [2.24, 2.45) is 0 Å². The first-order valence-electron chi connectivity index (χ1n) is 9.61. The lowest BCUT2D eigenvalue weighted by Crippen LogP contribution is -2.28. The standard InChI is InChI=1S/C23H23FN2O4S/c1-16-3-4-17(2)22(15-16)31(28,29)26-20-9-5-18(6-10-20)23(27)25-13-14-30-21-11-7-19(24)8-12-21/h3-12,15,26H,13-14H2,1-2H3,(H,25,27). The predicted octanol–water partition coefficient (Wildman–Crippen LogP) is 4.05. The molecule has 3 aromatic carbocycles. The predicted molar refractivity (Wildman–Crippen MR) is 117 cm³/mol. The average Bonchev–Trinajstić information content (AvgIpc) is 2.74. The molecule has 2 N–H and O–H groups in total. The molecule has 0 spiro atoms. The van der Waals surface area contributed by atoms with E-state index in [0.717, 1.165) is 5.56 Å². The summed E-state index contributed by atoms with van der Waals surface area (Å²) in [7, 11) is -3.74. The lowest BCUT2D eigenvalue weighted by atomic mass is 10.2. The number of rotatable bonds is 8. The third kappa shape index (κ3) is 6.05. The van der Waals surface area contributed by atoms with Crippen molar-refractivity contribution in [3.8, 4) is 5.75 Å². The quantitative estimate of drug-likeness (QED) is 0.516. The number of carbonyl (C=O) groups excluding carboxylic acids is 1. The van der Waals surface area contributed by atoms with Crippen LogP contribution in [0.2, 0.25) is 0 Å². The molecule has 0 unspecified atom stereocenters. The number of hydrogen-bond acceptors (Lipinski definition) is 4. The Morgan fingerprint density at radius 3 is 2.32 bits per heavy atom. The van der Waals surface area contributed by atoms with Gasteiger partial charge in [0.1, 0.15) is 18.2 Å². The largest absolute Gasteiger partial charge is 0.492 e. The maximum atomic E-state index is 12.9. The SMILES string of the molecule is Cc1ccc(C)c(S(=O)(=O)Nc2ccc(C(=O)NCCOc3ccc(F)cc3)cc2)c1. The Hall–Kier alpha value is -3.39. The van der Waals surface area contributed by atoms with Crippen LogP contribution in [0.15, 0.2) is 71.6 Å². The highest BCUT2D eigenvalue weighted by atomic mass is 32.2. The average molecular weight is 443 g/mol. The monoisotopic (exact) mass is 442 g/mol. The van der Waals surface area contributed by atoms with Crippen LogP contribution >= 0.6 is 0 Å². The summed E-state index contributed by atoms with van der Waals surface area (Å²) in [5, 5.41) is 2.71. The van der Waals surface area contributed by atoms with Gasteiger partial charge in [0, 0.05) is 11.3 Å². The van der Waals surface area contributed by atoms with E-state index in [1.54, 1.807) is 19.1 Å². The molecule has 0 aromatic heterocycles. The summed E-state index contributed by atoms with van der Waals surface area (Å²) in [5.74, 6) is -0.150. The van der Waals surface area contributed by atoms with Crippen molar-refractivity contribution in [1.82, 2.24) is 5.32 Å². The molecule has 0 fully saturated rings. The zero-order valence-electron chi connectivity index (χ0n) is 17.2. The molecule has 0 bridgehead atoms. The minimum Gasteiger partial charge on any atom is -0.492 e. The zero-order chi connectivity index (χ0) is 22.4. The van der Waals surface area contributed by atoms with Crippen LogP contribution in [0.1, 0.15) is 21.5 Å². The maximum absolute atomic E-state index is 12.9. The molecule has 0 saturated heterocycles. The highest BCUT2D eigenvalue weighted by Gasteiger charge is 2.17. The van der Waals surface area contributed by atoms with E-state index in [0.29, 0.717) is 22.6 Å². The van der Waals surface area contributed by atoms with Crippen LogP contribution in [0.3, 0.4) is 0 Å². The molecule has 31 heavy (non-hydrogen) atoms. The van der Waals surface area contributed by atoms with E-state index in [1.807, 2.05) is 13.0 Å². The Morgan fingerprint density at radius 1 is 0.968 bits per heavy atom. The molecule has 3 rings (SSSR count).